The average molecular weight is 258 g/mol. The summed E-state index contributed by atoms with van der Waals surface area (Å²) in [6.07, 6.45) is 1.60. The second-order valence-corrected chi connectivity index (χ2v) is 5.82. The van der Waals surface area contributed by atoms with Crippen LogP contribution in [0.5, 0.6) is 0 Å². The van der Waals surface area contributed by atoms with E-state index in [0.29, 0.717) is 19.0 Å². The number of carbonyl (C=O) groups is 1. The van der Waals surface area contributed by atoms with Crippen molar-refractivity contribution in [2.45, 2.75) is 59.1 Å². The molecule has 4 heteroatoms. The molecular formula is C14H30N2O2. The van der Waals surface area contributed by atoms with Crippen LogP contribution >= 0.6 is 0 Å². The Morgan fingerprint density at radius 1 is 1.33 bits per heavy atom. The van der Waals surface area contributed by atoms with E-state index in [2.05, 4.69) is 31.1 Å². The molecule has 0 aromatic rings. The van der Waals surface area contributed by atoms with Gasteiger partial charge in [0.1, 0.15) is 5.60 Å². The first-order chi connectivity index (χ1) is 8.26. The summed E-state index contributed by atoms with van der Waals surface area (Å²) in [7, 11) is 2.13. The third-order valence-electron chi connectivity index (χ3n) is 2.91. The zero-order valence-electron chi connectivity index (χ0n) is 12.9. The molecule has 0 spiro atoms. The van der Waals surface area contributed by atoms with Crippen molar-refractivity contribution in [3.05, 3.63) is 0 Å². The van der Waals surface area contributed by atoms with E-state index in [-0.39, 0.29) is 11.6 Å². The van der Waals surface area contributed by atoms with E-state index >= 15 is 0 Å². The van der Waals surface area contributed by atoms with Crippen LogP contribution in [0.4, 0.5) is 0 Å². The average Bonchev–Trinajstić information content (AvgIpc) is 2.24. The van der Waals surface area contributed by atoms with Crippen molar-refractivity contribution in [3.63, 3.8) is 0 Å². The normalized spacial score (nSPS) is 13.7. The highest BCUT2D eigenvalue weighted by Gasteiger charge is 2.15. The Morgan fingerprint density at radius 3 is 2.44 bits per heavy atom. The van der Waals surface area contributed by atoms with Crippen LogP contribution < -0.4 is 5.32 Å². The van der Waals surface area contributed by atoms with Crippen molar-refractivity contribution >= 4 is 5.97 Å². The molecule has 0 heterocycles. The predicted molar refractivity (Wildman–Crippen MR) is 75.7 cm³/mol. The van der Waals surface area contributed by atoms with Crippen LogP contribution in [0.2, 0.25) is 0 Å². The molecule has 0 radical (unpaired) electrons. The van der Waals surface area contributed by atoms with E-state index < -0.39 is 0 Å². The number of hydrogen-bond donors (Lipinski definition) is 1. The standard InChI is InChI=1S/C14H30N2O2/c1-7-12(2)16(6)11-10-15-9-8-13(17)18-14(3,4)5/h12,15H,7-11H2,1-6H3. The first kappa shape index (κ1) is 17.4. The first-order valence-electron chi connectivity index (χ1n) is 6.89. The van der Waals surface area contributed by atoms with Crippen molar-refractivity contribution in [2.24, 2.45) is 0 Å². The van der Waals surface area contributed by atoms with Gasteiger partial charge in [-0.15, -0.1) is 0 Å². The number of rotatable bonds is 8. The molecule has 1 atom stereocenters. The Bertz CT molecular complexity index is 236. The SMILES string of the molecule is CCC(C)N(C)CCNCCC(=O)OC(C)(C)C. The summed E-state index contributed by atoms with van der Waals surface area (Å²) in [5, 5.41) is 3.27. The Balaban J connectivity index is 3.54. The van der Waals surface area contributed by atoms with Crippen LogP contribution in [-0.4, -0.2) is 49.2 Å². The fourth-order valence-electron chi connectivity index (χ4n) is 1.50. The molecule has 0 amide bonds. The van der Waals surface area contributed by atoms with Gasteiger partial charge < -0.3 is 15.0 Å². The monoisotopic (exact) mass is 258 g/mol. The number of esters is 1. The molecule has 1 unspecified atom stereocenters. The van der Waals surface area contributed by atoms with Gasteiger partial charge in [-0.05, 0) is 41.2 Å². The Hall–Kier alpha value is -0.610. The summed E-state index contributed by atoms with van der Waals surface area (Å²) < 4.78 is 5.23. The van der Waals surface area contributed by atoms with Crippen LogP contribution in [0, 0.1) is 0 Å². The van der Waals surface area contributed by atoms with Gasteiger partial charge in [0, 0.05) is 25.7 Å². The summed E-state index contributed by atoms with van der Waals surface area (Å²) >= 11 is 0. The lowest BCUT2D eigenvalue weighted by Gasteiger charge is -2.23. The predicted octanol–water partition coefficient (Wildman–Crippen LogP) is 2.04. The van der Waals surface area contributed by atoms with Gasteiger partial charge >= 0.3 is 5.97 Å². The molecule has 0 aromatic heterocycles. The number of nitrogens with one attached hydrogen (secondary N) is 1. The third-order valence-corrected chi connectivity index (χ3v) is 2.91. The molecule has 0 aliphatic rings. The molecule has 0 rings (SSSR count). The van der Waals surface area contributed by atoms with Gasteiger partial charge in [-0.25, -0.2) is 0 Å². The van der Waals surface area contributed by atoms with E-state index in [4.69, 9.17) is 4.74 Å². The van der Waals surface area contributed by atoms with Crippen molar-refractivity contribution in [1.82, 2.24) is 10.2 Å². The Morgan fingerprint density at radius 2 is 1.94 bits per heavy atom. The van der Waals surface area contributed by atoms with Gasteiger partial charge in [-0.1, -0.05) is 6.92 Å². The lowest BCUT2D eigenvalue weighted by molar-refractivity contribution is -0.154. The smallest absolute Gasteiger partial charge is 0.307 e. The van der Waals surface area contributed by atoms with Crippen LogP contribution in [0.25, 0.3) is 0 Å². The number of likely N-dealkylation sites (N-methyl/N-ethyl adjacent to an activating group) is 1. The molecule has 0 aromatic carbocycles. The lowest BCUT2D eigenvalue weighted by atomic mass is 10.2. The summed E-state index contributed by atoms with van der Waals surface area (Å²) in [5.74, 6) is -0.134. The molecule has 0 bridgehead atoms. The first-order valence-corrected chi connectivity index (χ1v) is 6.89. The van der Waals surface area contributed by atoms with E-state index in [1.165, 1.54) is 0 Å². The largest absolute Gasteiger partial charge is 0.460 e. The van der Waals surface area contributed by atoms with Gasteiger partial charge in [0.15, 0.2) is 0 Å². The quantitative estimate of drug-likeness (QED) is 0.534. The van der Waals surface area contributed by atoms with E-state index in [9.17, 15) is 4.79 Å². The van der Waals surface area contributed by atoms with Gasteiger partial charge in [0.2, 0.25) is 0 Å². The minimum Gasteiger partial charge on any atom is -0.460 e. The second kappa shape index (κ2) is 8.48. The maximum absolute atomic E-state index is 11.4. The van der Waals surface area contributed by atoms with Crippen molar-refractivity contribution in [1.29, 1.82) is 0 Å². The number of carbonyl (C=O) groups excluding carboxylic acids is 1. The highest BCUT2D eigenvalue weighted by Crippen LogP contribution is 2.07. The molecule has 0 aliphatic carbocycles. The van der Waals surface area contributed by atoms with E-state index in [0.717, 1.165) is 19.5 Å². The van der Waals surface area contributed by atoms with Crippen LogP contribution in [-0.2, 0) is 9.53 Å². The number of ether oxygens (including phenoxy) is 1. The minimum absolute atomic E-state index is 0.134. The molecule has 1 N–H and O–H groups in total. The summed E-state index contributed by atoms with van der Waals surface area (Å²) in [5.41, 5.74) is -0.381. The highest BCUT2D eigenvalue weighted by molar-refractivity contribution is 5.70. The van der Waals surface area contributed by atoms with Crippen LogP contribution in [0.15, 0.2) is 0 Å². The van der Waals surface area contributed by atoms with Gasteiger partial charge in [-0.2, -0.15) is 0 Å². The highest BCUT2D eigenvalue weighted by atomic mass is 16.6. The molecule has 108 valence electrons. The zero-order valence-corrected chi connectivity index (χ0v) is 12.9. The van der Waals surface area contributed by atoms with Gasteiger partial charge in [0.05, 0.1) is 6.42 Å². The van der Waals surface area contributed by atoms with Crippen LogP contribution in [0.3, 0.4) is 0 Å². The fourth-order valence-corrected chi connectivity index (χ4v) is 1.50. The number of nitrogens with zero attached hydrogens (tertiary/aromatic N) is 1. The molecule has 4 nitrogen and oxygen atoms in total. The summed E-state index contributed by atoms with van der Waals surface area (Å²) in [4.78, 5) is 13.8. The molecule has 0 fully saturated rings. The molecule has 0 saturated heterocycles. The van der Waals surface area contributed by atoms with E-state index in [1.54, 1.807) is 0 Å². The van der Waals surface area contributed by atoms with Crippen molar-refractivity contribution in [2.75, 3.05) is 26.7 Å². The molecule has 0 saturated carbocycles. The Labute approximate surface area is 112 Å². The molecule has 18 heavy (non-hydrogen) atoms. The topological polar surface area (TPSA) is 41.6 Å². The van der Waals surface area contributed by atoms with Gasteiger partial charge in [-0.3, -0.25) is 4.79 Å². The minimum atomic E-state index is -0.381. The maximum atomic E-state index is 11.4. The fraction of sp³-hybridized carbons (Fsp3) is 0.929. The Kier molecular flexibility index (Phi) is 8.20. The van der Waals surface area contributed by atoms with Crippen LogP contribution in [0.1, 0.15) is 47.5 Å². The maximum Gasteiger partial charge on any atom is 0.307 e. The summed E-state index contributed by atoms with van der Waals surface area (Å²) in [6.45, 7) is 12.7. The third kappa shape index (κ3) is 9.42. The lowest BCUT2D eigenvalue weighted by Crippen LogP contribution is -2.35. The molecule has 0 aliphatic heterocycles. The number of hydrogen-bond acceptors (Lipinski definition) is 4. The van der Waals surface area contributed by atoms with E-state index in [1.807, 2.05) is 20.8 Å². The van der Waals surface area contributed by atoms with Crippen molar-refractivity contribution in [3.8, 4) is 0 Å². The van der Waals surface area contributed by atoms with Crippen molar-refractivity contribution < 1.29 is 9.53 Å². The van der Waals surface area contributed by atoms with Gasteiger partial charge in [0.25, 0.3) is 0 Å². The second-order valence-electron chi connectivity index (χ2n) is 5.82. The zero-order chi connectivity index (χ0) is 14.2. The molecular weight excluding hydrogens is 228 g/mol. The summed E-state index contributed by atoms with van der Waals surface area (Å²) in [6, 6.07) is 0.609.